The van der Waals surface area contributed by atoms with E-state index in [2.05, 4.69) is 10.2 Å². The van der Waals surface area contributed by atoms with Crippen LogP contribution < -0.4 is 5.32 Å². The first-order valence-corrected chi connectivity index (χ1v) is 7.84. The van der Waals surface area contributed by atoms with E-state index >= 15 is 0 Å². The number of ether oxygens (including phenoxy) is 1. The summed E-state index contributed by atoms with van der Waals surface area (Å²) in [6.07, 6.45) is 3.26. The highest BCUT2D eigenvalue weighted by Crippen LogP contribution is 2.28. The summed E-state index contributed by atoms with van der Waals surface area (Å²) in [5.74, 6) is -0.199. The summed E-state index contributed by atoms with van der Waals surface area (Å²) in [4.78, 5) is 15.0. The third kappa shape index (κ3) is 3.63. The lowest BCUT2D eigenvalue weighted by atomic mass is 9.86. The Bertz CT molecular complexity index is 443. The molecule has 4 heteroatoms. The van der Waals surface area contributed by atoms with E-state index in [-0.39, 0.29) is 5.97 Å². The molecular formula is C17H26N2O2. The Morgan fingerprint density at radius 1 is 1.29 bits per heavy atom. The molecule has 0 saturated carbocycles. The Kier molecular flexibility index (Phi) is 5.76. The van der Waals surface area contributed by atoms with Crippen LogP contribution >= 0.6 is 0 Å². The second-order valence-corrected chi connectivity index (χ2v) is 5.59. The van der Waals surface area contributed by atoms with Crippen LogP contribution in [0, 0.1) is 0 Å². The number of esters is 1. The SMILES string of the molecule is CCNC(CCN1CCCC1)(C(=O)OC)c1ccccc1. The Morgan fingerprint density at radius 2 is 1.95 bits per heavy atom. The molecule has 116 valence electrons. The Hall–Kier alpha value is -1.39. The fourth-order valence-corrected chi connectivity index (χ4v) is 3.16. The normalized spacial score (nSPS) is 18.4. The van der Waals surface area contributed by atoms with Crippen LogP contribution in [-0.2, 0) is 15.1 Å². The third-order valence-electron chi connectivity index (χ3n) is 4.28. The molecule has 1 aromatic rings. The average molecular weight is 290 g/mol. The van der Waals surface area contributed by atoms with Gasteiger partial charge in [0.15, 0.2) is 0 Å². The summed E-state index contributed by atoms with van der Waals surface area (Å²) in [7, 11) is 1.47. The number of benzene rings is 1. The fourth-order valence-electron chi connectivity index (χ4n) is 3.16. The van der Waals surface area contributed by atoms with E-state index < -0.39 is 5.54 Å². The lowest BCUT2D eigenvalue weighted by Gasteiger charge is -2.33. The summed E-state index contributed by atoms with van der Waals surface area (Å²) < 4.78 is 5.12. The van der Waals surface area contributed by atoms with Crippen molar-refractivity contribution in [1.82, 2.24) is 10.2 Å². The first-order valence-electron chi connectivity index (χ1n) is 7.84. The second-order valence-electron chi connectivity index (χ2n) is 5.59. The largest absolute Gasteiger partial charge is 0.467 e. The number of nitrogens with one attached hydrogen (secondary N) is 1. The van der Waals surface area contributed by atoms with Gasteiger partial charge in [0.05, 0.1) is 7.11 Å². The molecule has 1 aliphatic rings. The predicted octanol–water partition coefficient (Wildman–Crippen LogP) is 2.15. The van der Waals surface area contributed by atoms with E-state index in [4.69, 9.17) is 4.74 Å². The van der Waals surface area contributed by atoms with Gasteiger partial charge in [-0.25, -0.2) is 4.79 Å². The van der Waals surface area contributed by atoms with Gasteiger partial charge in [-0.3, -0.25) is 5.32 Å². The Morgan fingerprint density at radius 3 is 2.52 bits per heavy atom. The smallest absolute Gasteiger partial charge is 0.330 e. The number of nitrogens with zero attached hydrogens (tertiary/aromatic N) is 1. The van der Waals surface area contributed by atoms with E-state index in [0.717, 1.165) is 38.2 Å². The van der Waals surface area contributed by atoms with Crippen LogP contribution in [0.25, 0.3) is 0 Å². The number of carbonyl (C=O) groups is 1. The van der Waals surface area contributed by atoms with Crippen LogP contribution in [0.4, 0.5) is 0 Å². The van der Waals surface area contributed by atoms with Gasteiger partial charge in [-0.05, 0) is 44.5 Å². The highest BCUT2D eigenvalue weighted by molar-refractivity contribution is 5.82. The average Bonchev–Trinajstić information content (AvgIpc) is 3.05. The standard InChI is InChI=1S/C17H26N2O2/c1-3-18-17(16(20)21-2,15-9-5-4-6-10-15)11-14-19-12-7-8-13-19/h4-6,9-10,18H,3,7-8,11-14H2,1-2H3. The number of hydrogen-bond donors (Lipinski definition) is 1. The summed E-state index contributed by atoms with van der Waals surface area (Å²) in [5.41, 5.74) is 0.241. The highest BCUT2D eigenvalue weighted by Gasteiger charge is 2.40. The minimum absolute atomic E-state index is 0.199. The van der Waals surface area contributed by atoms with Gasteiger partial charge in [0.1, 0.15) is 5.54 Å². The van der Waals surface area contributed by atoms with Crippen LogP contribution in [0.5, 0.6) is 0 Å². The Balaban J connectivity index is 2.24. The van der Waals surface area contributed by atoms with Crippen LogP contribution in [-0.4, -0.2) is 44.2 Å². The molecule has 1 aromatic carbocycles. The number of likely N-dealkylation sites (tertiary alicyclic amines) is 1. The van der Waals surface area contributed by atoms with E-state index in [0.29, 0.717) is 0 Å². The van der Waals surface area contributed by atoms with Crippen LogP contribution in [0.15, 0.2) is 30.3 Å². The molecule has 4 nitrogen and oxygen atoms in total. The monoisotopic (exact) mass is 290 g/mol. The fraction of sp³-hybridized carbons (Fsp3) is 0.588. The summed E-state index contributed by atoms with van der Waals surface area (Å²) >= 11 is 0. The highest BCUT2D eigenvalue weighted by atomic mass is 16.5. The number of carbonyl (C=O) groups excluding carboxylic acids is 1. The number of methoxy groups -OCH3 is 1. The van der Waals surface area contributed by atoms with E-state index in [1.165, 1.54) is 20.0 Å². The molecule has 1 fully saturated rings. The van der Waals surface area contributed by atoms with Crippen LogP contribution in [0.1, 0.15) is 31.7 Å². The van der Waals surface area contributed by atoms with Gasteiger partial charge in [-0.2, -0.15) is 0 Å². The van der Waals surface area contributed by atoms with Crippen molar-refractivity contribution in [3.63, 3.8) is 0 Å². The summed E-state index contributed by atoms with van der Waals surface area (Å²) in [6.45, 7) is 5.94. The van der Waals surface area contributed by atoms with Crippen LogP contribution in [0.3, 0.4) is 0 Å². The first kappa shape index (κ1) is 16.0. The molecule has 0 radical (unpaired) electrons. The number of likely N-dealkylation sites (N-methyl/N-ethyl adjacent to an activating group) is 1. The molecule has 0 amide bonds. The quantitative estimate of drug-likeness (QED) is 0.781. The molecule has 21 heavy (non-hydrogen) atoms. The maximum atomic E-state index is 12.5. The molecule has 1 heterocycles. The minimum Gasteiger partial charge on any atom is -0.467 e. The summed E-state index contributed by atoms with van der Waals surface area (Å²) in [5, 5.41) is 3.39. The van der Waals surface area contributed by atoms with Crippen molar-refractivity contribution >= 4 is 5.97 Å². The molecule has 0 bridgehead atoms. The van der Waals surface area contributed by atoms with Crippen LogP contribution in [0.2, 0.25) is 0 Å². The summed E-state index contributed by atoms with van der Waals surface area (Å²) in [6, 6.07) is 9.92. The Labute approximate surface area is 127 Å². The zero-order chi connectivity index (χ0) is 15.1. The molecule has 1 unspecified atom stereocenters. The molecule has 1 atom stereocenters. The van der Waals surface area contributed by atoms with Crippen molar-refractivity contribution in [1.29, 1.82) is 0 Å². The molecule has 1 saturated heterocycles. The van der Waals surface area contributed by atoms with Gasteiger partial charge in [0.25, 0.3) is 0 Å². The van der Waals surface area contributed by atoms with Gasteiger partial charge in [0, 0.05) is 6.54 Å². The predicted molar refractivity (Wildman–Crippen MR) is 84.1 cm³/mol. The van der Waals surface area contributed by atoms with E-state index in [9.17, 15) is 4.79 Å². The third-order valence-corrected chi connectivity index (χ3v) is 4.28. The molecule has 1 N–H and O–H groups in total. The van der Waals surface area contributed by atoms with Gasteiger partial charge in [-0.1, -0.05) is 37.3 Å². The van der Waals surface area contributed by atoms with Crippen molar-refractivity contribution in [3.8, 4) is 0 Å². The van der Waals surface area contributed by atoms with Crippen molar-refractivity contribution in [3.05, 3.63) is 35.9 Å². The zero-order valence-electron chi connectivity index (χ0n) is 13.1. The molecule has 1 aliphatic heterocycles. The van der Waals surface area contributed by atoms with E-state index in [1.54, 1.807) is 0 Å². The lowest BCUT2D eigenvalue weighted by molar-refractivity contribution is -0.149. The second kappa shape index (κ2) is 7.57. The van der Waals surface area contributed by atoms with Gasteiger partial charge in [0.2, 0.25) is 0 Å². The van der Waals surface area contributed by atoms with Crippen molar-refractivity contribution in [2.75, 3.05) is 33.3 Å². The maximum Gasteiger partial charge on any atom is 0.330 e. The molecular weight excluding hydrogens is 264 g/mol. The van der Waals surface area contributed by atoms with Gasteiger partial charge in [-0.15, -0.1) is 0 Å². The molecule has 2 rings (SSSR count). The minimum atomic E-state index is -0.743. The topological polar surface area (TPSA) is 41.6 Å². The molecule has 0 spiro atoms. The van der Waals surface area contributed by atoms with Crippen molar-refractivity contribution in [2.45, 2.75) is 31.7 Å². The molecule has 0 aromatic heterocycles. The van der Waals surface area contributed by atoms with Crippen molar-refractivity contribution in [2.24, 2.45) is 0 Å². The van der Waals surface area contributed by atoms with E-state index in [1.807, 2.05) is 37.3 Å². The lowest BCUT2D eigenvalue weighted by Crippen LogP contribution is -2.51. The molecule has 0 aliphatic carbocycles. The number of hydrogen-bond acceptors (Lipinski definition) is 4. The maximum absolute atomic E-state index is 12.5. The zero-order valence-corrected chi connectivity index (χ0v) is 13.1. The number of rotatable bonds is 7. The van der Waals surface area contributed by atoms with Gasteiger partial charge >= 0.3 is 5.97 Å². The van der Waals surface area contributed by atoms with Gasteiger partial charge < -0.3 is 9.64 Å². The first-order chi connectivity index (χ1) is 10.2. The van der Waals surface area contributed by atoms with Crippen molar-refractivity contribution < 1.29 is 9.53 Å².